The largest absolute Gasteiger partial charge is 0.300 e. The van der Waals surface area contributed by atoms with Gasteiger partial charge in [-0.25, -0.2) is 4.68 Å². The van der Waals surface area contributed by atoms with Crippen LogP contribution in [-0.4, -0.2) is 33.8 Å². The second-order valence-corrected chi connectivity index (χ2v) is 6.11. The first-order valence-corrected chi connectivity index (χ1v) is 8.20. The van der Waals surface area contributed by atoms with Gasteiger partial charge in [-0.05, 0) is 19.1 Å². The SMILES string of the molecule is CCC(=O)CN1C(=O)CSc2c1c(C)nn2-c1ccccc1. The molecule has 0 aliphatic carbocycles. The number of ketones is 1. The highest BCUT2D eigenvalue weighted by Crippen LogP contribution is 2.39. The number of carbonyl (C=O) groups excluding carboxylic acids is 2. The fourth-order valence-electron chi connectivity index (χ4n) is 2.47. The molecule has 0 fully saturated rings. The van der Waals surface area contributed by atoms with E-state index in [2.05, 4.69) is 5.10 Å². The summed E-state index contributed by atoms with van der Waals surface area (Å²) in [7, 11) is 0. The Kier molecular flexibility index (Phi) is 4.02. The Balaban J connectivity index is 2.07. The van der Waals surface area contributed by atoms with E-state index in [1.807, 2.05) is 48.9 Å². The summed E-state index contributed by atoms with van der Waals surface area (Å²) in [4.78, 5) is 25.6. The van der Waals surface area contributed by atoms with Crippen LogP contribution in [-0.2, 0) is 9.59 Å². The van der Waals surface area contributed by atoms with E-state index in [9.17, 15) is 9.59 Å². The lowest BCUT2D eigenvalue weighted by Crippen LogP contribution is -2.39. The van der Waals surface area contributed by atoms with Gasteiger partial charge in [-0.3, -0.25) is 9.59 Å². The third-order valence-corrected chi connectivity index (χ3v) is 4.65. The third-order valence-electron chi connectivity index (χ3n) is 3.62. The Hall–Kier alpha value is -2.08. The smallest absolute Gasteiger partial charge is 0.237 e. The fourth-order valence-corrected chi connectivity index (χ4v) is 3.55. The van der Waals surface area contributed by atoms with Gasteiger partial charge in [-0.15, -0.1) is 0 Å². The number of amides is 1. The molecule has 6 heteroatoms. The first-order chi connectivity index (χ1) is 10.6. The molecule has 0 saturated heterocycles. The molecule has 0 radical (unpaired) electrons. The maximum atomic E-state index is 12.2. The zero-order valence-electron chi connectivity index (χ0n) is 12.6. The van der Waals surface area contributed by atoms with Gasteiger partial charge in [0.1, 0.15) is 5.03 Å². The van der Waals surface area contributed by atoms with Crippen molar-refractivity contribution in [2.75, 3.05) is 17.2 Å². The molecule has 22 heavy (non-hydrogen) atoms. The lowest BCUT2D eigenvalue weighted by Gasteiger charge is -2.26. The molecule has 0 saturated carbocycles. The first kappa shape index (κ1) is 14.8. The maximum absolute atomic E-state index is 12.2. The van der Waals surface area contributed by atoms with Crippen molar-refractivity contribution in [1.82, 2.24) is 9.78 Å². The molecule has 114 valence electrons. The summed E-state index contributed by atoms with van der Waals surface area (Å²) < 4.78 is 1.85. The summed E-state index contributed by atoms with van der Waals surface area (Å²) in [6.45, 7) is 3.82. The number of thioether (sulfide) groups is 1. The van der Waals surface area contributed by atoms with E-state index in [4.69, 9.17) is 0 Å². The van der Waals surface area contributed by atoms with Crippen LogP contribution in [0, 0.1) is 6.92 Å². The quantitative estimate of drug-likeness (QED) is 0.870. The molecule has 1 aromatic carbocycles. The molecule has 2 heterocycles. The van der Waals surface area contributed by atoms with Crippen LogP contribution >= 0.6 is 11.8 Å². The van der Waals surface area contributed by atoms with Gasteiger partial charge in [-0.1, -0.05) is 36.9 Å². The summed E-state index contributed by atoms with van der Waals surface area (Å²) in [6, 6.07) is 9.82. The number of Topliss-reactive ketones (excluding diaryl/α,β-unsaturated/α-hetero) is 1. The summed E-state index contributed by atoms with van der Waals surface area (Å²) in [5.41, 5.74) is 2.49. The van der Waals surface area contributed by atoms with E-state index in [-0.39, 0.29) is 18.2 Å². The van der Waals surface area contributed by atoms with Crippen molar-refractivity contribution in [3.05, 3.63) is 36.0 Å². The van der Waals surface area contributed by atoms with Gasteiger partial charge in [0.05, 0.1) is 29.4 Å². The van der Waals surface area contributed by atoms with Crippen LogP contribution in [0.15, 0.2) is 35.4 Å². The van der Waals surface area contributed by atoms with Crippen LogP contribution in [0.1, 0.15) is 19.0 Å². The van der Waals surface area contributed by atoms with Gasteiger partial charge in [0, 0.05) is 6.42 Å². The minimum atomic E-state index is -0.0324. The van der Waals surface area contributed by atoms with Gasteiger partial charge in [0.15, 0.2) is 5.78 Å². The molecule has 0 N–H and O–H groups in total. The summed E-state index contributed by atoms with van der Waals surface area (Å²) in [5.74, 6) is 0.357. The van der Waals surface area contributed by atoms with E-state index in [1.54, 1.807) is 4.90 Å². The monoisotopic (exact) mass is 315 g/mol. The number of hydrogen-bond acceptors (Lipinski definition) is 4. The van der Waals surface area contributed by atoms with Crippen LogP contribution in [0.5, 0.6) is 0 Å². The Morgan fingerprint density at radius 2 is 2.05 bits per heavy atom. The van der Waals surface area contributed by atoms with Crippen molar-refractivity contribution in [3.8, 4) is 5.69 Å². The lowest BCUT2D eigenvalue weighted by molar-refractivity contribution is -0.121. The zero-order valence-corrected chi connectivity index (χ0v) is 13.4. The molecule has 5 nitrogen and oxygen atoms in total. The van der Waals surface area contributed by atoms with Crippen molar-refractivity contribution in [3.63, 3.8) is 0 Å². The molecule has 0 unspecified atom stereocenters. The molecule has 1 aliphatic heterocycles. The van der Waals surface area contributed by atoms with Crippen LogP contribution in [0.4, 0.5) is 5.69 Å². The highest BCUT2D eigenvalue weighted by Gasteiger charge is 2.32. The van der Waals surface area contributed by atoms with Crippen LogP contribution in [0.2, 0.25) is 0 Å². The topological polar surface area (TPSA) is 55.2 Å². The van der Waals surface area contributed by atoms with Gasteiger partial charge >= 0.3 is 0 Å². The number of nitrogens with zero attached hydrogens (tertiary/aromatic N) is 3. The normalized spacial score (nSPS) is 14.1. The number of benzene rings is 1. The second kappa shape index (κ2) is 5.96. The van der Waals surface area contributed by atoms with Gasteiger partial charge in [0.25, 0.3) is 0 Å². The number of rotatable bonds is 4. The van der Waals surface area contributed by atoms with Gasteiger partial charge in [-0.2, -0.15) is 5.10 Å². The number of aryl methyl sites for hydroxylation is 1. The Bertz CT molecular complexity index is 724. The third kappa shape index (κ3) is 2.54. The Labute approximate surface area is 133 Å². The summed E-state index contributed by atoms with van der Waals surface area (Å²) >= 11 is 1.48. The predicted molar refractivity (Wildman–Crippen MR) is 86.7 cm³/mol. The van der Waals surface area contributed by atoms with Crippen molar-refractivity contribution in [2.45, 2.75) is 25.3 Å². The molecule has 2 aromatic rings. The second-order valence-electron chi connectivity index (χ2n) is 5.15. The number of hydrogen-bond donors (Lipinski definition) is 0. The molecular weight excluding hydrogens is 298 g/mol. The lowest BCUT2D eigenvalue weighted by atomic mass is 10.2. The number of fused-ring (bicyclic) bond motifs is 1. The number of carbonyl (C=O) groups is 2. The summed E-state index contributed by atoms with van der Waals surface area (Å²) in [5, 5.41) is 5.49. The summed E-state index contributed by atoms with van der Waals surface area (Å²) in [6.07, 6.45) is 0.429. The maximum Gasteiger partial charge on any atom is 0.237 e. The van der Waals surface area contributed by atoms with Gasteiger partial charge in [0.2, 0.25) is 5.91 Å². The van der Waals surface area contributed by atoms with E-state index < -0.39 is 0 Å². The average molecular weight is 315 g/mol. The molecule has 3 rings (SSSR count). The van der Waals surface area contributed by atoms with E-state index in [0.717, 1.165) is 22.1 Å². The molecule has 0 atom stereocenters. The highest BCUT2D eigenvalue weighted by atomic mass is 32.2. The van der Waals surface area contributed by atoms with Crippen molar-refractivity contribution < 1.29 is 9.59 Å². The molecule has 0 spiro atoms. The standard InChI is InChI=1S/C16H17N3O2S/c1-3-13(20)9-18-14(21)10-22-16-15(18)11(2)17-19(16)12-7-5-4-6-8-12/h4-8H,3,9-10H2,1-2H3. The molecule has 1 aromatic heterocycles. The first-order valence-electron chi connectivity index (χ1n) is 7.21. The Morgan fingerprint density at radius 1 is 1.32 bits per heavy atom. The number of para-hydroxylation sites is 1. The van der Waals surface area contributed by atoms with Crippen molar-refractivity contribution in [1.29, 1.82) is 0 Å². The van der Waals surface area contributed by atoms with Crippen LogP contribution < -0.4 is 4.90 Å². The van der Waals surface area contributed by atoms with E-state index >= 15 is 0 Å². The minimum absolute atomic E-state index is 0.0324. The highest BCUT2D eigenvalue weighted by molar-refractivity contribution is 8.00. The molecule has 1 amide bonds. The fraction of sp³-hybridized carbons (Fsp3) is 0.312. The van der Waals surface area contributed by atoms with Crippen molar-refractivity contribution in [2.24, 2.45) is 0 Å². The predicted octanol–water partition coefficient (Wildman–Crippen LogP) is 2.60. The average Bonchev–Trinajstić information content (AvgIpc) is 2.88. The van der Waals surface area contributed by atoms with E-state index in [0.29, 0.717) is 12.2 Å². The van der Waals surface area contributed by atoms with E-state index in [1.165, 1.54) is 11.8 Å². The molecule has 1 aliphatic rings. The van der Waals surface area contributed by atoms with Crippen molar-refractivity contribution >= 4 is 29.1 Å². The number of anilines is 1. The minimum Gasteiger partial charge on any atom is -0.300 e. The molecular formula is C16H17N3O2S. The van der Waals surface area contributed by atoms with Crippen LogP contribution in [0.25, 0.3) is 5.69 Å². The van der Waals surface area contributed by atoms with Crippen LogP contribution in [0.3, 0.4) is 0 Å². The van der Waals surface area contributed by atoms with Gasteiger partial charge < -0.3 is 4.90 Å². The molecule has 0 bridgehead atoms. The zero-order chi connectivity index (χ0) is 15.7. The Morgan fingerprint density at radius 3 is 2.73 bits per heavy atom. The number of aromatic nitrogens is 2.